The first-order valence-corrected chi connectivity index (χ1v) is 8.55. The Balaban J connectivity index is 1.92. The quantitative estimate of drug-likeness (QED) is 0.737. The third kappa shape index (κ3) is 4.47. The van der Waals surface area contributed by atoms with Crippen LogP contribution in [-0.4, -0.2) is 25.6 Å². The van der Waals surface area contributed by atoms with Crippen LogP contribution in [0.5, 0.6) is 5.75 Å². The first-order chi connectivity index (χ1) is 10.6. The summed E-state index contributed by atoms with van der Waals surface area (Å²) in [5, 5.41) is 0. The Hall–Kier alpha value is -1.06. The normalized spacial score (nSPS) is 28.5. The van der Waals surface area contributed by atoms with Crippen LogP contribution >= 0.6 is 0 Å². The molecule has 0 bridgehead atoms. The van der Waals surface area contributed by atoms with Gasteiger partial charge in [-0.15, -0.1) is 0 Å². The van der Waals surface area contributed by atoms with Gasteiger partial charge in [-0.3, -0.25) is 0 Å². The van der Waals surface area contributed by atoms with Crippen molar-refractivity contribution in [1.29, 1.82) is 0 Å². The lowest BCUT2D eigenvalue weighted by molar-refractivity contribution is -0.306. The molecule has 1 aromatic rings. The highest BCUT2D eigenvalue weighted by Gasteiger charge is 2.38. The molecule has 0 spiro atoms. The second-order valence-corrected chi connectivity index (χ2v) is 6.41. The second-order valence-electron chi connectivity index (χ2n) is 6.41. The van der Waals surface area contributed by atoms with Crippen LogP contribution in [0.25, 0.3) is 0 Å². The number of aryl methyl sites for hydroxylation is 1. The molecule has 0 aromatic heterocycles. The molecule has 1 aromatic carbocycles. The van der Waals surface area contributed by atoms with Gasteiger partial charge in [0.05, 0.1) is 19.8 Å². The minimum atomic E-state index is -0.453. The third-order valence-corrected chi connectivity index (χ3v) is 4.65. The summed E-state index contributed by atoms with van der Waals surface area (Å²) in [6.07, 6.45) is 5.59. The van der Waals surface area contributed by atoms with Crippen LogP contribution in [0.2, 0.25) is 0 Å². The van der Waals surface area contributed by atoms with E-state index in [1.54, 1.807) is 7.11 Å². The van der Waals surface area contributed by atoms with Gasteiger partial charge in [0, 0.05) is 12.3 Å². The van der Waals surface area contributed by atoms with E-state index in [0.29, 0.717) is 12.0 Å². The maximum Gasteiger partial charge on any atom is 0.166 e. The Morgan fingerprint density at radius 3 is 2.55 bits per heavy atom. The van der Waals surface area contributed by atoms with E-state index in [0.717, 1.165) is 44.5 Å². The summed E-state index contributed by atoms with van der Waals surface area (Å²) in [5.41, 5.74) is 1.29. The molecule has 2 rings (SSSR count). The number of methoxy groups -OCH3 is 1. The van der Waals surface area contributed by atoms with Crippen LogP contribution in [0.3, 0.4) is 0 Å². The van der Waals surface area contributed by atoms with Gasteiger partial charge < -0.3 is 14.2 Å². The Labute approximate surface area is 135 Å². The second kappa shape index (κ2) is 7.98. The van der Waals surface area contributed by atoms with Gasteiger partial charge in [0.15, 0.2) is 5.79 Å². The summed E-state index contributed by atoms with van der Waals surface area (Å²) < 4.78 is 17.6. The highest BCUT2D eigenvalue weighted by Crippen LogP contribution is 2.33. The zero-order chi connectivity index (χ0) is 16.0. The molecule has 3 nitrogen and oxygen atoms in total. The molecule has 124 valence electrons. The molecule has 1 aliphatic rings. The summed E-state index contributed by atoms with van der Waals surface area (Å²) in [7, 11) is 1.69. The van der Waals surface area contributed by atoms with Gasteiger partial charge in [0.2, 0.25) is 0 Å². The fourth-order valence-corrected chi connectivity index (χ4v) is 3.10. The molecule has 1 saturated heterocycles. The first kappa shape index (κ1) is 17.3. The predicted molar refractivity (Wildman–Crippen MR) is 89.2 cm³/mol. The Bertz CT molecular complexity index is 442. The van der Waals surface area contributed by atoms with Crippen LogP contribution in [0.15, 0.2) is 24.3 Å². The van der Waals surface area contributed by atoms with Crippen molar-refractivity contribution in [2.75, 3.05) is 13.7 Å². The lowest BCUT2D eigenvalue weighted by Gasteiger charge is -2.43. The van der Waals surface area contributed by atoms with Gasteiger partial charge in [0.25, 0.3) is 0 Å². The SMILES string of the molecule is CCCC1OC(C)(CCc2ccc(OC)cc2)OCC1CC. The molecule has 1 heterocycles. The van der Waals surface area contributed by atoms with Crippen LogP contribution in [0, 0.1) is 5.92 Å². The molecule has 0 N–H and O–H groups in total. The van der Waals surface area contributed by atoms with Gasteiger partial charge >= 0.3 is 0 Å². The molecule has 3 unspecified atom stereocenters. The molecule has 0 radical (unpaired) electrons. The van der Waals surface area contributed by atoms with Crippen molar-refractivity contribution >= 4 is 0 Å². The van der Waals surface area contributed by atoms with Gasteiger partial charge in [-0.25, -0.2) is 0 Å². The van der Waals surface area contributed by atoms with Crippen molar-refractivity contribution in [3.05, 3.63) is 29.8 Å². The van der Waals surface area contributed by atoms with Gasteiger partial charge in [-0.1, -0.05) is 32.4 Å². The molecular weight excluding hydrogens is 276 g/mol. The van der Waals surface area contributed by atoms with Crippen molar-refractivity contribution in [2.45, 2.75) is 64.8 Å². The number of benzene rings is 1. The molecule has 1 aliphatic heterocycles. The summed E-state index contributed by atoms with van der Waals surface area (Å²) in [4.78, 5) is 0. The maximum absolute atomic E-state index is 6.34. The molecular formula is C19H30O3. The monoisotopic (exact) mass is 306 g/mol. The summed E-state index contributed by atoms with van der Waals surface area (Å²) in [6.45, 7) is 7.35. The number of rotatable bonds is 7. The Kier molecular flexibility index (Phi) is 6.27. The zero-order valence-electron chi connectivity index (χ0n) is 14.4. The van der Waals surface area contributed by atoms with Crippen LogP contribution in [0.1, 0.15) is 52.0 Å². The summed E-state index contributed by atoms with van der Waals surface area (Å²) in [5.74, 6) is 0.980. The van der Waals surface area contributed by atoms with Crippen LogP contribution < -0.4 is 4.74 Å². The zero-order valence-corrected chi connectivity index (χ0v) is 14.4. The predicted octanol–water partition coefficient (Wildman–Crippen LogP) is 4.59. The summed E-state index contributed by atoms with van der Waals surface area (Å²) >= 11 is 0. The average Bonchev–Trinajstić information content (AvgIpc) is 2.54. The third-order valence-electron chi connectivity index (χ3n) is 4.65. The van der Waals surface area contributed by atoms with E-state index >= 15 is 0 Å². The molecule has 0 aliphatic carbocycles. The molecule has 1 fully saturated rings. The number of hydrogen-bond acceptors (Lipinski definition) is 3. The van der Waals surface area contributed by atoms with E-state index in [2.05, 4.69) is 32.9 Å². The van der Waals surface area contributed by atoms with Crippen molar-refractivity contribution in [3.8, 4) is 5.75 Å². The van der Waals surface area contributed by atoms with Gasteiger partial charge in [-0.05, 0) is 43.9 Å². The highest BCUT2D eigenvalue weighted by molar-refractivity contribution is 5.27. The van der Waals surface area contributed by atoms with E-state index in [9.17, 15) is 0 Å². The smallest absolute Gasteiger partial charge is 0.166 e. The minimum absolute atomic E-state index is 0.338. The van der Waals surface area contributed by atoms with E-state index in [1.807, 2.05) is 12.1 Å². The molecule has 3 heteroatoms. The van der Waals surface area contributed by atoms with Crippen LogP contribution in [-0.2, 0) is 15.9 Å². The maximum atomic E-state index is 6.34. The van der Waals surface area contributed by atoms with Crippen LogP contribution in [0.4, 0.5) is 0 Å². The van der Waals surface area contributed by atoms with E-state index in [-0.39, 0.29) is 0 Å². The van der Waals surface area contributed by atoms with Gasteiger partial charge in [0.1, 0.15) is 5.75 Å². The fourth-order valence-electron chi connectivity index (χ4n) is 3.10. The average molecular weight is 306 g/mol. The Morgan fingerprint density at radius 2 is 1.95 bits per heavy atom. The molecule has 0 saturated carbocycles. The van der Waals surface area contributed by atoms with Crippen molar-refractivity contribution in [2.24, 2.45) is 5.92 Å². The lowest BCUT2D eigenvalue weighted by atomic mass is 9.94. The Morgan fingerprint density at radius 1 is 1.23 bits per heavy atom. The number of hydrogen-bond donors (Lipinski definition) is 0. The fraction of sp³-hybridized carbons (Fsp3) is 0.684. The van der Waals surface area contributed by atoms with Crippen molar-refractivity contribution in [1.82, 2.24) is 0 Å². The standard InChI is InChI=1S/C19H30O3/c1-5-7-18-16(6-2)14-21-19(3,22-18)13-12-15-8-10-17(20-4)11-9-15/h8-11,16,18H,5-7,12-14H2,1-4H3. The van der Waals surface area contributed by atoms with E-state index in [4.69, 9.17) is 14.2 Å². The lowest BCUT2D eigenvalue weighted by Crippen LogP contribution is -2.47. The molecule has 0 amide bonds. The molecule has 3 atom stereocenters. The van der Waals surface area contributed by atoms with E-state index in [1.165, 1.54) is 5.56 Å². The highest BCUT2D eigenvalue weighted by atomic mass is 16.7. The largest absolute Gasteiger partial charge is 0.497 e. The minimum Gasteiger partial charge on any atom is -0.497 e. The van der Waals surface area contributed by atoms with Gasteiger partial charge in [-0.2, -0.15) is 0 Å². The molecule has 22 heavy (non-hydrogen) atoms. The number of ether oxygens (including phenoxy) is 3. The van der Waals surface area contributed by atoms with E-state index < -0.39 is 5.79 Å². The topological polar surface area (TPSA) is 27.7 Å². The summed E-state index contributed by atoms with van der Waals surface area (Å²) in [6, 6.07) is 8.24. The van der Waals surface area contributed by atoms with Crippen molar-refractivity contribution < 1.29 is 14.2 Å². The first-order valence-electron chi connectivity index (χ1n) is 8.55. The van der Waals surface area contributed by atoms with Crippen molar-refractivity contribution in [3.63, 3.8) is 0 Å².